The minimum atomic E-state index is -0.223. The standard InChI is InChI=1S/C19H17ClN2O3S/c1-25-9-8-21-18(23)13-6-7-16-15(10-13)22-19(24)17(26-16)11-12-4-2-3-5-14(12)20/h2-7,10-11H,8-9H2,1H3,(H,21,23)(H,22,24). The molecular weight excluding hydrogens is 372 g/mol. The van der Waals surface area contributed by atoms with E-state index in [1.165, 1.54) is 11.8 Å². The highest BCUT2D eigenvalue weighted by Crippen LogP contribution is 2.39. The van der Waals surface area contributed by atoms with Crippen molar-refractivity contribution in [1.29, 1.82) is 0 Å². The number of fused-ring (bicyclic) bond motifs is 1. The molecule has 0 atom stereocenters. The molecule has 0 bridgehead atoms. The Balaban J connectivity index is 1.80. The fourth-order valence-corrected chi connectivity index (χ4v) is 3.52. The van der Waals surface area contributed by atoms with E-state index in [1.807, 2.05) is 24.3 Å². The molecule has 0 aromatic heterocycles. The number of rotatable bonds is 5. The third kappa shape index (κ3) is 4.27. The van der Waals surface area contributed by atoms with Crippen LogP contribution in [0.5, 0.6) is 0 Å². The van der Waals surface area contributed by atoms with Crippen molar-refractivity contribution in [1.82, 2.24) is 5.32 Å². The number of hydrogen-bond acceptors (Lipinski definition) is 4. The topological polar surface area (TPSA) is 67.4 Å². The van der Waals surface area contributed by atoms with Gasteiger partial charge in [-0.2, -0.15) is 0 Å². The van der Waals surface area contributed by atoms with Crippen LogP contribution < -0.4 is 10.6 Å². The molecule has 134 valence electrons. The molecule has 0 radical (unpaired) electrons. The lowest BCUT2D eigenvalue weighted by atomic mass is 10.1. The number of hydrogen-bond donors (Lipinski definition) is 2. The summed E-state index contributed by atoms with van der Waals surface area (Å²) in [6.45, 7) is 0.873. The molecule has 1 aliphatic rings. The van der Waals surface area contributed by atoms with E-state index in [-0.39, 0.29) is 11.8 Å². The van der Waals surface area contributed by atoms with Gasteiger partial charge in [-0.25, -0.2) is 0 Å². The first kappa shape index (κ1) is 18.5. The van der Waals surface area contributed by atoms with Crippen LogP contribution in [-0.2, 0) is 9.53 Å². The maximum atomic E-state index is 12.4. The number of carbonyl (C=O) groups is 2. The largest absolute Gasteiger partial charge is 0.383 e. The van der Waals surface area contributed by atoms with Crippen molar-refractivity contribution in [2.45, 2.75) is 4.90 Å². The number of halogens is 1. The summed E-state index contributed by atoms with van der Waals surface area (Å²) in [4.78, 5) is 25.9. The zero-order valence-electron chi connectivity index (χ0n) is 14.0. The van der Waals surface area contributed by atoms with Gasteiger partial charge in [0.15, 0.2) is 0 Å². The summed E-state index contributed by atoms with van der Waals surface area (Å²) in [6, 6.07) is 12.6. The minimum Gasteiger partial charge on any atom is -0.383 e. The summed E-state index contributed by atoms with van der Waals surface area (Å²) in [5, 5.41) is 6.18. The van der Waals surface area contributed by atoms with Crippen LogP contribution in [0, 0.1) is 0 Å². The van der Waals surface area contributed by atoms with Crippen molar-refractivity contribution in [3.8, 4) is 0 Å². The first-order chi connectivity index (χ1) is 12.6. The Morgan fingerprint density at radius 1 is 1.31 bits per heavy atom. The quantitative estimate of drug-likeness (QED) is 0.604. The number of benzene rings is 2. The van der Waals surface area contributed by atoms with E-state index >= 15 is 0 Å². The molecule has 2 aromatic rings. The maximum absolute atomic E-state index is 12.4. The summed E-state index contributed by atoms with van der Waals surface area (Å²) in [7, 11) is 1.57. The van der Waals surface area contributed by atoms with E-state index in [0.717, 1.165) is 10.5 Å². The van der Waals surface area contributed by atoms with Gasteiger partial charge in [0.2, 0.25) is 0 Å². The number of amides is 2. The number of ether oxygens (including phenoxy) is 1. The van der Waals surface area contributed by atoms with Crippen LogP contribution in [0.2, 0.25) is 5.02 Å². The molecular formula is C19H17ClN2O3S. The molecule has 3 rings (SSSR count). The van der Waals surface area contributed by atoms with Crippen LogP contribution in [0.4, 0.5) is 5.69 Å². The molecule has 0 aliphatic carbocycles. The van der Waals surface area contributed by atoms with Gasteiger partial charge in [0.25, 0.3) is 11.8 Å². The maximum Gasteiger partial charge on any atom is 0.262 e. The Kier molecular flexibility index (Phi) is 5.98. The fourth-order valence-electron chi connectivity index (χ4n) is 2.40. The van der Waals surface area contributed by atoms with Gasteiger partial charge in [-0.1, -0.05) is 41.6 Å². The van der Waals surface area contributed by atoms with Gasteiger partial charge < -0.3 is 15.4 Å². The van der Waals surface area contributed by atoms with Crippen LogP contribution in [0.25, 0.3) is 6.08 Å². The molecule has 7 heteroatoms. The Bertz CT molecular complexity index is 883. The van der Waals surface area contributed by atoms with Crippen molar-refractivity contribution in [3.05, 3.63) is 63.5 Å². The molecule has 5 nitrogen and oxygen atoms in total. The van der Waals surface area contributed by atoms with Crippen LogP contribution >= 0.6 is 23.4 Å². The smallest absolute Gasteiger partial charge is 0.262 e. The minimum absolute atomic E-state index is 0.207. The summed E-state index contributed by atoms with van der Waals surface area (Å²) in [6.07, 6.45) is 1.76. The zero-order valence-corrected chi connectivity index (χ0v) is 15.6. The molecule has 0 saturated heterocycles. The van der Waals surface area contributed by atoms with E-state index in [4.69, 9.17) is 16.3 Å². The van der Waals surface area contributed by atoms with Crippen molar-refractivity contribution >= 4 is 46.9 Å². The lowest BCUT2D eigenvalue weighted by Gasteiger charge is -2.19. The normalized spacial score (nSPS) is 14.7. The first-order valence-corrected chi connectivity index (χ1v) is 9.14. The number of thioether (sulfide) groups is 1. The summed E-state index contributed by atoms with van der Waals surface area (Å²) >= 11 is 7.51. The van der Waals surface area contributed by atoms with Crippen molar-refractivity contribution in [2.24, 2.45) is 0 Å². The molecule has 2 N–H and O–H groups in total. The Hall–Kier alpha value is -2.28. The second-order valence-corrected chi connectivity index (χ2v) is 7.04. The van der Waals surface area contributed by atoms with Crippen LogP contribution in [0.1, 0.15) is 15.9 Å². The van der Waals surface area contributed by atoms with Crippen molar-refractivity contribution in [3.63, 3.8) is 0 Å². The molecule has 0 saturated carbocycles. The second kappa shape index (κ2) is 8.40. The zero-order chi connectivity index (χ0) is 18.5. The average Bonchev–Trinajstić information content (AvgIpc) is 2.64. The second-order valence-electron chi connectivity index (χ2n) is 5.55. The molecule has 0 spiro atoms. The molecule has 2 aromatic carbocycles. The lowest BCUT2D eigenvalue weighted by molar-refractivity contribution is -0.112. The monoisotopic (exact) mass is 388 g/mol. The summed E-state index contributed by atoms with van der Waals surface area (Å²) < 4.78 is 4.91. The van der Waals surface area contributed by atoms with Gasteiger partial charge in [0.05, 0.1) is 17.2 Å². The highest BCUT2D eigenvalue weighted by atomic mass is 35.5. The van der Waals surface area contributed by atoms with Crippen LogP contribution in [0.15, 0.2) is 52.3 Å². The predicted molar refractivity (Wildman–Crippen MR) is 105 cm³/mol. The van der Waals surface area contributed by atoms with Crippen molar-refractivity contribution < 1.29 is 14.3 Å². The number of methoxy groups -OCH3 is 1. The predicted octanol–water partition coefficient (Wildman–Crippen LogP) is 3.80. The molecule has 1 aliphatic heterocycles. The van der Waals surface area contributed by atoms with E-state index in [0.29, 0.717) is 34.3 Å². The van der Waals surface area contributed by atoms with E-state index in [2.05, 4.69) is 10.6 Å². The Labute approximate surface area is 160 Å². The van der Waals surface area contributed by atoms with E-state index < -0.39 is 0 Å². The fraction of sp³-hybridized carbons (Fsp3) is 0.158. The van der Waals surface area contributed by atoms with Crippen molar-refractivity contribution in [2.75, 3.05) is 25.6 Å². The Morgan fingerprint density at radius 3 is 2.88 bits per heavy atom. The van der Waals surface area contributed by atoms with Gasteiger partial charge in [-0.05, 0) is 35.9 Å². The van der Waals surface area contributed by atoms with Crippen LogP contribution in [-0.4, -0.2) is 32.1 Å². The van der Waals surface area contributed by atoms with E-state index in [9.17, 15) is 9.59 Å². The van der Waals surface area contributed by atoms with Gasteiger partial charge in [0.1, 0.15) is 0 Å². The average molecular weight is 389 g/mol. The van der Waals surface area contributed by atoms with Gasteiger partial charge >= 0.3 is 0 Å². The first-order valence-electron chi connectivity index (χ1n) is 7.95. The summed E-state index contributed by atoms with van der Waals surface area (Å²) in [5.41, 5.74) is 1.89. The number of nitrogens with one attached hydrogen (secondary N) is 2. The van der Waals surface area contributed by atoms with Crippen LogP contribution in [0.3, 0.4) is 0 Å². The Morgan fingerprint density at radius 2 is 2.12 bits per heavy atom. The SMILES string of the molecule is COCCNC(=O)c1ccc2c(c1)NC(=O)C(=Cc1ccccc1Cl)S2. The van der Waals surface area contributed by atoms with Gasteiger partial charge in [-0.3, -0.25) is 9.59 Å². The molecule has 26 heavy (non-hydrogen) atoms. The highest BCUT2D eigenvalue weighted by molar-refractivity contribution is 8.04. The molecule has 1 heterocycles. The van der Waals surface area contributed by atoms with Gasteiger partial charge in [-0.15, -0.1) is 0 Å². The van der Waals surface area contributed by atoms with E-state index in [1.54, 1.807) is 31.4 Å². The summed E-state index contributed by atoms with van der Waals surface area (Å²) in [5.74, 6) is -0.430. The highest BCUT2D eigenvalue weighted by Gasteiger charge is 2.22. The molecule has 0 unspecified atom stereocenters. The third-order valence-corrected chi connectivity index (χ3v) is 5.16. The number of carbonyl (C=O) groups excluding carboxylic acids is 2. The third-order valence-electron chi connectivity index (χ3n) is 3.72. The van der Waals surface area contributed by atoms with Gasteiger partial charge in [0, 0.05) is 29.1 Å². The molecule has 2 amide bonds. The number of anilines is 1. The molecule has 0 fully saturated rings. The lowest BCUT2D eigenvalue weighted by Crippen LogP contribution is -2.27.